The van der Waals surface area contributed by atoms with Gasteiger partial charge in [-0.1, -0.05) is 6.07 Å². The van der Waals surface area contributed by atoms with Crippen molar-refractivity contribution in [2.75, 3.05) is 19.8 Å². The van der Waals surface area contributed by atoms with Gasteiger partial charge in [-0.3, -0.25) is 4.79 Å². The third-order valence-electron chi connectivity index (χ3n) is 2.45. The molecule has 18 heavy (non-hydrogen) atoms. The Morgan fingerprint density at radius 1 is 1.28 bits per heavy atom. The normalized spacial score (nSPS) is 10.2. The van der Waals surface area contributed by atoms with Gasteiger partial charge in [-0.15, -0.1) is 0 Å². The van der Waals surface area contributed by atoms with E-state index in [9.17, 15) is 4.79 Å². The maximum Gasteiger partial charge on any atom is 0.223 e. The molecule has 0 unspecified atom stereocenters. The second-order valence-corrected chi connectivity index (χ2v) is 4.35. The smallest absolute Gasteiger partial charge is 0.223 e. The number of aliphatic hydroxyl groups is 1. The van der Waals surface area contributed by atoms with Crippen LogP contribution >= 0.6 is 0 Å². The Balaban J connectivity index is 2.26. The van der Waals surface area contributed by atoms with Crippen LogP contribution in [0, 0.1) is 13.8 Å². The minimum absolute atomic E-state index is 0.0483. The lowest BCUT2D eigenvalue weighted by Gasteiger charge is -2.08. The summed E-state index contributed by atoms with van der Waals surface area (Å²) in [5, 5.41) is 11.3. The molecule has 0 aliphatic heterocycles. The van der Waals surface area contributed by atoms with Crippen molar-refractivity contribution in [1.29, 1.82) is 0 Å². The number of nitrogens with one attached hydrogen (secondary N) is 1. The van der Waals surface area contributed by atoms with Gasteiger partial charge in [0, 0.05) is 13.2 Å². The molecule has 1 rings (SSSR count). The molecule has 4 nitrogen and oxygen atoms in total. The quantitative estimate of drug-likeness (QED) is 0.723. The molecule has 0 aromatic heterocycles. The Kier molecular flexibility index (Phi) is 6.22. The van der Waals surface area contributed by atoms with Gasteiger partial charge in [0.1, 0.15) is 5.75 Å². The zero-order valence-electron chi connectivity index (χ0n) is 11.0. The van der Waals surface area contributed by atoms with Crippen molar-refractivity contribution in [2.45, 2.75) is 26.7 Å². The van der Waals surface area contributed by atoms with Crippen molar-refractivity contribution >= 4 is 5.91 Å². The first-order chi connectivity index (χ1) is 8.61. The number of benzene rings is 1. The van der Waals surface area contributed by atoms with Gasteiger partial charge in [-0.05, 0) is 43.5 Å². The number of ether oxygens (including phenoxy) is 1. The molecule has 0 radical (unpaired) electrons. The number of hydrogen-bond donors (Lipinski definition) is 2. The van der Waals surface area contributed by atoms with Crippen molar-refractivity contribution in [3.05, 3.63) is 29.3 Å². The van der Waals surface area contributed by atoms with Crippen molar-refractivity contribution in [3.63, 3.8) is 0 Å². The summed E-state index contributed by atoms with van der Waals surface area (Å²) in [7, 11) is 0. The van der Waals surface area contributed by atoms with Gasteiger partial charge in [0.05, 0.1) is 13.0 Å². The van der Waals surface area contributed by atoms with E-state index < -0.39 is 0 Å². The molecule has 2 N–H and O–H groups in total. The first kappa shape index (κ1) is 14.5. The third kappa shape index (κ3) is 5.68. The summed E-state index contributed by atoms with van der Waals surface area (Å²) in [6.45, 7) is 5.01. The second kappa shape index (κ2) is 7.71. The van der Waals surface area contributed by atoms with E-state index in [4.69, 9.17) is 9.84 Å². The number of aryl methyl sites for hydroxylation is 2. The molecule has 0 aliphatic carbocycles. The summed E-state index contributed by atoms with van der Waals surface area (Å²) in [5.74, 6) is 0.753. The molecule has 0 bridgehead atoms. The second-order valence-electron chi connectivity index (χ2n) is 4.35. The largest absolute Gasteiger partial charge is 0.493 e. The molecule has 0 saturated carbocycles. The van der Waals surface area contributed by atoms with Crippen molar-refractivity contribution < 1.29 is 14.6 Å². The van der Waals surface area contributed by atoms with Crippen LogP contribution in [0.2, 0.25) is 0 Å². The highest BCUT2D eigenvalue weighted by Crippen LogP contribution is 2.16. The van der Waals surface area contributed by atoms with Gasteiger partial charge in [-0.2, -0.15) is 0 Å². The molecule has 1 aromatic rings. The average Bonchev–Trinajstić information content (AvgIpc) is 2.28. The SMILES string of the molecule is Cc1cc(C)cc(OCCC(=O)NCCCO)c1. The van der Waals surface area contributed by atoms with Gasteiger partial charge < -0.3 is 15.2 Å². The molecule has 1 amide bonds. The molecule has 4 heteroatoms. The molecule has 0 aliphatic rings. The number of aliphatic hydroxyl groups excluding tert-OH is 1. The predicted octanol–water partition coefficient (Wildman–Crippen LogP) is 1.57. The average molecular weight is 251 g/mol. The van der Waals surface area contributed by atoms with Crippen LogP contribution in [0.3, 0.4) is 0 Å². The highest BCUT2D eigenvalue weighted by molar-refractivity contribution is 5.75. The van der Waals surface area contributed by atoms with Gasteiger partial charge >= 0.3 is 0 Å². The Morgan fingerprint density at radius 2 is 1.94 bits per heavy atom. The van der Waals surface area contributed by atoms with E-state index in [2.05, 4.69) is 11.4 Å². The van der Waals surface area contributed by atoms with E-state index in [1.165, 1.54) is 0 Å². The highest BCUT2D eigenvalue weighted by Gasteiger charge is 2.02. The first-order valence-electron chi connectivity index (χ1n) is 6.20. The fraction of sp³-hybridized carbons (Fsp3) is 0.500. The van der Waals surface area contributed by atoms with E-state index >= 15 is 0 Å². The van der Waals surface area contributed by atoms with E-state index in [1.54, 1.807) is 0 Å². The molecule has 0 heterocycles. The summed E-state index contributed by atoms with van der Waals surface area (Å²) in [5.41, 5.74) is 2.30. The van der Waals surface area contributed by atoms with Gasteiger partial charge in [-0.25, -0.2) is 0 Å². The maximum atomic E-state index is 11.4. The number of amides is 1. The topological polar surface area (TPSA) is 58.6 Å². The molecular weight excluding hydrogens is 230 g/mol. The lowest BCUT2D eigenvalue weighted by atomic mass is 10.1. The molecule has 0 saturated heterocycles. The van der Waals surface area contributed by atoms with Crippen molar-refractivity contribution in [3.8, 4) is 5.75 Å². The molecular formula is C14H21NO3. The molecule has 0 fully saturated rings. The summed E-state index contributed by atoms with van der Waals surface area (Å²) in [6.07, 6.45) is 0.919. The van der Waals surface area contributed by atoms with Gasteiger partial charge in [0.2, 0.25) is 5.91 Å². The zero-order chi connectivity index (χ0) is 13.4. The number of hydrogen-bond acceptors (Lipinski definition) is 3. The monoisotopic (exact) mass is 251 g/mol. The third-order valence-corrected chi connectivity index (χ3v) is 2.45. The maximum absolute atomic E-state index is 11.4. The lowest BCUT2D eigenvalue weighted by Crippen LogP contribution is -2.26. The minimum atomic E-state index is -0.0483. The first-order valence-corrected chi connectivity index (χ1v) is 6.20. The summed E-state index contributed by atoms with van der Waals surface area (Å²) >= 11 is 0. The van der Waals surface area contributed by atoms with Crippen LogP contribution in [0.15, 0.2) is 18.2 Å². The summed E-state index contributed by atoms with van der Waals surface area (Å²) in [4.78, 5) is 11.4. The number of rotatable bonds is 7. The van der Waals surface area contributed by atoms with Crippen LogP contribution in [0.5, 0.6) is 5.75 Å². The Hall–Kier alpha value is -1.55. The van der Waals surface area contributed by atoms with Crippen molar-refractivity contribution in [2.24, 2.45) is 0 Å². The van der Waals surface area contributed by atoms with Crippen LogP contribution in [0.1, 0.15) is 24.0 Å². The number of carbonyl (C=O) groups is 1. The van der Waals surface area contributed by atoms with Gasteiger partial charge in [0.15, 0.2) is 0 Å². The van der Waals surface area contributed by atoms with E-state index in [0.717, 1.165) is 16.9 Å². The molecule has 0 atom stereocenters. The van der Waals surface area contributed by atoms with Crippen molar-refractivity contribution in [1.82, 2.24) is 5.32 Å². The standard InChI is InChI=1S/C14H21NO3/c1-11-8-12(2)10-13(9-11)18-7-4-14(17)15-5-3-6-16/h8-10,16H,3-7H2,1-2H3,(H,15,17). The molecule has 100 valence electrons. The van der Waals surface area contributed by atoms with E-state index in [1.807, 2.05) is 26.0 Å². The Bertz CT molecular complexity index is 370. The number of carbonyl (C=O) groups excluding carboxylic acids is 1. The van der Waals surface area contributed by atoms with Crippen LogP contribution in [-0.2, 0) is 4.79 Å². The highest BCUT2D eigenvalue weighted by atomic mass is 16.5. The van der Waals surface area contributed by atoms with Crippen LogP contribution in [-0.4, -0.2) is 30.8 Å². The Labute approximate surface area is 108 Å². The fourth-order valence-electron chi connectivity index (χ4n) is 1.67. The van der Waals surface area contributed by atoms with Crippen LogP contribution < -0.4 is 10.1 Å². The fourth-order valence-corrected chi connectivity index (χ4v) is 1.67. The molecule has 1 aromatic carbocycles. The van der Waals surface area contributed by atoms with Crippen LogP contribution in [0.4, 0.5) is 0 Å². The molecule has 0 spiro atoms. The zero-order valence-corrected chi connectivity index (χ0v) is 11.0. The van der Waals surface area contributed by atoms with Gasteiger partial charge in [0.25, 0.3) is 0 Å². The lowest BCUT2D eigenvalue weighted by molar-refractivity contribution is -0.121. The van der Waals surface area contributed by atoms with Crippen LogP contribution in [0.25, 0.3) is 0 Å². The van der Waals surface area contributed by atoms with E-state index in [-0.39, 0.29) is 12.5 Å². The Morgan fingerprint density at radius 3 is 2.56 bits per heavy atom. The van der Waals surface area contributed by atoms with E-state index in [0.29, 0.717) is 26.0 Å². The summed E-state index contributed by atoms with van der Waals surface area (Å²) < 4.78 is 5.53. The minimum Gasteiger partial charge on any atom is -0.493 e. The predicted molar refractivity (Wildman–Crippen MR) is 70.7 cm³/mol. The summed E-state index contributed by atoms with van der Waals surface area (Å²) in [6, 6.07) is 5.99.